The topological polar surface area (TPSA) is 84.2 Å². The first-order valence-electron chi connectivity index (χ1n) is 6.09. The van der Waals surface area contributed by atoms with E-state index in [0.29, 0.717) is 24.3 Å². The molecule has 6 heteroatoms. The number of nitrogens with two attached hydrogens (primary N) is 1. The first-order valence-corrected chi connectivity index (χ1v) is 6.09. The zero-order valence-corrected chi connectivity index (χ0v) is 11.3. The summed E-state index contributed by atoms with van der Waals surface area (Å²) < 4.78 is 0. The number of carbonyl (C=O) groups excluding carboxylic acids is 2. The zero-order valence-electron chi connectivity index (χ0n) is 10.5. The van der Waals surface area contributed by atoms with Crippen LogP contribution >= 0.6 is 12.4 Å². The van der Waals surface area contributed by atoms with Gasteiger partial charge < -0.3 is 16.4 Å². The molecule has 5 nitrogen and oxygen atoms in total. The highest BCUT2D eigenvalue weighted by Crippen LogP contribution is 2.28. The fraction of sp³-hybridized carbons (Fsp3) is 0.385. The van der Waals surface area contributed by atoms with E-state index in [2.05, 4.69) is 10.6 Å². The lowest BCUT2D eigenvalue weighted by Crippen LogP contribution is -2.35. The van der Waals surface area contributed by atoms with E-state index in [0.717, 1.165) is 12.8 Å². The molecule has 0 bridgehead atoms. The minimum Gasteiger partial charge on any atom is -0.398 e. The fourth-order valence-corrected chi connectivity index (χ4v) is 1.65. The Bertz CT molecular complexity index is 461. The minimum atomic E-state index is -0.214. The molecule has 2 rings (SSSR count). The second-order valence-electron chi connectivity index (χ2n) is 4.41. The number of rotatable bonds is 5. The number of benzene rings is 1. The van der Waals surface area contributed by atoms with E-state index >= 15 is 0 Å². The number of nitrogen functional groups attached to an aromatic ring is 1. The summed E-state index contributed by atoms with van der Waals surface area (Å²) in [6.45, 7) is 0.861. The minimum absolute atomic E-state index is 0. The number of halogens is 1. The van der Waals surface area contributed by atoms with Crippen LogP contribution < -0.4 is 16.4 Å². The molecule has 0 radical (unpaired) electrons. The maximum Gasteiger partial charge on any atom is 0.253 e. The van der Waals surface area contributed by atoms with Crippen LogP contribution in [0.2, 0.25) is 0 Å². The van der Waals surface area contributed by atoms with Crippen LogP contribution in [0, 0.1) is 5.92 Å². The molecule has 1 aromatic carbocycles. The van der Waals surface area contributed by atoms with E-state index in [1.165, 1.54) is 0 Å². The smallest absolute Gasteiger partial charge is 0.253 e. The number of para-hydroxylation sites is 1. The molecule has 2 amide bonds. The first-order chi connectivity index (χ1) is 8.68. The molecular weight excluding hydrogens is 266 g/mol. The highest BCUT2D eigenvalue weighted by Gasteiger charge is 2.28. The van der Waals surface area contributed by atoms with Crippen molar-refractivity contribution in [3.05, 3.63) is 29.8 Å². The molecule has 104 valence electrons. The number of nitrogens with one attached hydrogen (secondary N) is 2. The van der Waals surface area contributed by atoms with E-state index in [4.69, 9.17) is 5.73 Å². The third-order valence-electron chi connectivity index (χ3n) is 2.86. The fourth-order valence-electron chi connectivity index (χ4n) is 1.65. The first kappa shape index (κ1) is 15.3. The number of anilines is 1. The van der Waals surface area contributed by atoms with Crippen molar-refractivity contribution in [1.29, 1.82) is 0 Å². The molecule has 0 aliphatic heterocycles. The van der Waals surface area contributed by atoms with Crippen LogP contribution in [0.1, 0.15) is 23.2 Å². The highest BCUT2D eigenvalue weighted by atomic mass is 35.5. The molecule has 19 heavy (non-hydrogen) atoms. The average Bonchev–Trinajstić information content (AvgIpc) is 3.19. The van der Waals surface area contributed by atoms with Crippen molar-refractivity contribution in [2.45, 2.75) is 12.8 Å². The van der Waals surface area contributed by atoms with Gasteiger partial charge >= 0.3 is 0 Å². The molecule has 0 aromatic heterocycles. The quantitative estimate of drug-likeness (QED) is 0.556. The van der Waals surface area contributed by atoms with Gasteiger partial charge in [-0.05, 0) is 25.0 Å². The molecule has 1 fully saturated rings. The number of carbonyl (C=O) groups is 2. The van der Waals surface area contributed by atoms with Crippen molar-refractivity contribution in [1.82, 2.24) is 10.6 Å². The van der Waals surface area contributed by atoms with E-state index in [1.54, 1.807) is 24.3 Å². The van der Waals surface area contributed by atoms with Crippen LogP contribution in [0.4, 0.5) is 5.69 Å². The largest absolute Gasteiger partial charge is 0.398 e. The predicted molar refractivity (Wildman–Crippen MR) is 76.2 cm³/mol. The SMILES string of the molecule is Cl.Nc1ccccc1C(=O)NCCNC(=O)C1CC1. The maximum absolute atomic E-state index is 11.8. The highest BCUT2D eigenvalue weighted by molar-refractivity contribution is 5.99. The lowest BCUT2D eigenvalue weighted by molar-refractivity contribution is -0.122. The van der Waals surface area contributed by atoms with Crippen molar-refractivity contribution in [3.8, 4) is 0 Å². The summed E-state index contributed by atoms with van der Waals surface area (Å²) in [5.41, 5.74) is 6.61. The number of hydrogen-bond donors (Lipinski definition) is 3. The van der Waals surface area contributed by atoms with Gasteiger partial charge in [-0.1, -0.05) is 12.1 Å². The second-order valence-corrected chi connectivity index (χ2v) is 4.41. The Morgan fingerprint density at radius 2 is 1.79 bits per heavy atom. The van der Waals surface area contributed by atoms with Gasteiger partial charge in [0, 0.05) is 24.7 Å². The Hall–Kier alpha value is -1.75. The van der Waals surface area contributed by atoms with Gasteiger partial charge in [0.2, 0.25) is 5.91 Å². The summed E-state index contributed by atoms with van der Waals surface area (Å²) in [4.78, 5) is 23.1. The van der Waals surface area contributed by atoms with Gasteiger partial charge in [0.25, 0.3) is 5.91 Å². The van der Waals surface area contributed by atoms with Crippen molar-refractivity contribution in [2.75, 3.05) is 18.8 Å². The van der Waals surface area contributed by atoms with Crippen molar-refractivity contribution < 1.29 is 9.59 Å². The lowest BCUT2D eigenvalue weighted by atomic mass is 10.1. The van der Waals surface area contributed by atoms with Crippen LogP contribution in [-0.4, -0.2) is 24.9 Å². The Morgan fingerprint density at radius 1 is 1.16 bits per heavy atom. The van der Waals surface area contributed by atoms with Gasteiger partial charge in [-0.3, -0.25) is 9.59 Å². The van der Waals surface area contributed by atoms with Gasteiger partial charge in [0.05, 0.1) is 5.56 Å². The summed E-state index contributed by atoms with van der Waals surface area (Å²) in [5.74, 6) is 0.0720. The van der Waals surface area contributed by atoms with Crippen LogP contribution in [0.25, 0.3) is 0 Å². The standard InChI is InChI=1S/C13H17N3O2.ClH/c14-11-4-2-1-3-10(11)13(18)16-8-7-15-12(17)9-5-6-9;/h1-4,9H,5-8,14H2,(H,15,17)(H,16,18);1H. The lowest BCUT2D eigenvalue weighted by Gasteiger charge is -2.08. The van der Waals surface area contributed by atoms with E-state index in [-0.39, 0.29) is 30.1 Å². The van der Waals surface area contributed by atoms with Crippen molar-refractivity contribution >= 4 is 29.9 Å². The molecule has 0 atom stereocenters. The van der Waals surface area contributed by atoms with Crippen LogP contribution in [0.5, 0.6) is 0 Å². The molecule has 1 aliphatic rings. The molecule has 4 N–H and O–H groups in total. The van der Waals surface area contributed by atoms with E-state index in [1.807, 2.05) is 0 Å². The molecule has 1 aliphatic carbocycles. The predicted octanol–water partition coefficient (Wildman–Crippen LogP) is 0.947. The molecule has 1 saturated carbocycles. The average molecular weight is 284 g/mol. The molecule has 0 unspecified atom stereocenters. The van der Waals surface area contributed by atoms with E-state index < -0.39 is 0 Å². The zero-order chi connectivity index (χ0) is 13.0. The molecule has 0 heterocycles. The van der Waals surface area contributed by atoms with Crippen molar-refractivity contribution in [2.24, 2.45) is 5.92 Å². The molecular formula is C13H18ClN3O2. The normalized spacial score (nSPS) is 13.3. The molecule has 1 aromatic rings. The Balaban J connectivity index is 0.00000180. The summed E-state index contributed by atoms with van der Waals surface area (Å²) in [7, 11) is 0. The Kier molecular flexibility index (Phi) is 5.63. The summed E-state index contributed by atoms with van der Waals surface area (Å²) >= 11 is 0. The molecule has 0 saturated heterocycles. The Morgan fingerprint density at radius 3 is 2.42 bits per heavy atom. The number of hydrogen-bond acceptors (Lipinski definition) is 3. The van der Waals surface area contributed by atoms with Gasteiger partial charge in [-0.15, -0.1) is 12.4 Å². The molecule has 0 spiro atoms. The summed E-state index contributed by atoms with van der Waals surface area (Å²) in [6.07, 6.45) is 1.97. The number of amides is 2. The van der Waals surface area contributed by atoms with Crippen LogP contribution in [-0.2, 0) is 4.79 Å². The van der Waals surface area contributed by atoms with Crippen LogP contribution in [0.15, 0.2) is 24.3 Å². The van der Waals surface area contributed by atoms with E-state index in [9.17, 15) is 9.59 Å². The van der Waals surface area contributed by atoms with Crippen LogP contribution in [0.3, 0.4) is 0 Å². The Labute approximate surface area is 118 Å². The van der Waals surface area contributed by atoms with Gasteiger partial charge in [-0.25, -0.2) is 0 Å². The van der Waals surface area contributed by atoms with Crippen molar-refractivity contribution in [3.63, 3.8) is 0 Å². The monoisotopic (exact) mass is 283 g/mol. The second kappa shape index (κ2) is 6.99. The third kappa shape index (κ3) is 4.44. The summed E-state index contributed by atoms with van der Waals surface area (Å²) in [6, 6.07) is 6.90. The van der Waals surface area contributed by atoms with Gasteiger partial charge in [0.15, 0.2) is 0 Å². The third-order valence-corrected chi connectivity index (χ3v) is 2.86. The van der Waals surface area contributed by atoms with Gasteiger partial charge in [0.1, 0.15) is 0 Å². The maximum atomic E-state index is 11.8. The van der Waals surface area contributed by atoms with Gasteiger partial charge in [-0.2, -0.15) is 0 Å². The summed E-state index contributed by atoms with van der Waals surface area (Å²) in [5, 5.41) is 5.50.